The van der Waals surface area contributed by atoms with E-state index in [1.165, 1.54) is 11.1 Å². The van der Waals surface area contributed by atoms with Crippen LogP contribution in [0.25, 0.3) is 11.1 Å². The van der Waals surface area contributed by atoms with Crippen LogP contribution in [0.2, 0.25) is 0 Å². The third-order valence-electron chi connectivity index (χ3n) is 6.70. The van der Waals surface area contributed by atoms with Crippen LogP contribution in [0.4, 0.5) is 0 Å². The monoisotopic (exact) mass is 542 g/mol. The van der Waals surface area contributed by atoms with Crippen molar-refractivity contribution in [3.63, 3.8) is 0 Å². The fourth-order valence-electron chi connectivity index (χ4n) is 4.45. The standard InChI is InChI=1S/C20H16O2.C16H14O3/c21-20(22)19-12-5-4-11-18(19)17-10-6-9-16(14-17)13-15-7-2-1-3-8-15;1-11(16(18)19)13-8-5-9-14(10-13)15(17)12-6-3-2-4-7-12/h1-12,14H,13H2,(H,21,22);2-11H,1H3,(H,18,19). The van der Waals surface area contributed by atoms with E-state index in [0.29, 0.717) is 22.3 Å². The summed E-state index contributed by atoms with van der Waals surface area (Å²) in [4.78, 5) is 34.6. The van der Waals surface area contributed by atoms with E-state index in [2.05, 4.69) is 24.3 Å². The number of aliphatic carboxylic acids is 1. The van der Waals surface area contributed by atoms with Gasteiger partial charge >= 0.3 is 11.9 Å². The lowest BCUT2D eigenvalue weighted by Gasteiger charge is -2.08. The van der Waals surface area contributed by atoms with Crippen LogP contribution in [-0.2, 0) is 11.2 Å². The average molecular weight is 543 g/mol. The summed E-state index contributed by atoms with van der Waals surface area (Å²) in [5, 5.41) is 18.3. The van der Waals surface area contributed by atoms with Crippen LogP contribution in [-0.4, -0.2) is 27.9 Å². The number of carbonyl (C=O) groups is 3. The fraction of sp³-hybridized carbons (Fsp3) is 0.0833. The van der Waals surface area contributed by atoms with Crippen LogP contribution in [0.5, 0.6) is 0 Å². The van der Waals surface area contributed by atoms with Gasteiger partial charge < -0.3 is 10.2 Å². The summed E-state index contributed by atoms with van der Waals surface area (Å²) < 4.78 is 0. The Morgan fingerprint density at radius 1 is 0.610 bits per heavy atom. The molecule has 2 N–H and O–H groups in total. The van der Waals surface area contributed by atoms with Crippen molar-refractivity contribution >= 4 is 17.7 Å². The highest BCUT2D eigenvalue weighted by Gasteiger charge is 2.16. The fourth-order valence-corrected chi connectivity index (χ4v) is 4.45. The SMILES string of the molecule is CC(C(=O)O)c1cccc(C(=O)c2ccccc2)c1.O=C(O)c1ccccc1-c1cccc(Cc2ccccc2)c1. The van der Waals surface area contributed by atoms with Crippen molar-refractivity contribution < 1.29 is 24.6 Å². The van der Waals surface area contributed by atoms with Gasteiger partial charge in [0.2, 0.25) is 0 Å². The molecule has 0 aliphatic heterocycles. The number of carbonyl (C=O) groups excluding carboxylic acids is 1. The molecule has 0 radical (unpaired) electrons. The first-order valence-corrected chi connectivity index (χ1v) is 13.2. The summed E-state index contributed by atoms with van der Waals surface area (Å²) in [5.74, 6) is -2.52. The van der Waals surface area contributed by atoms with E-state index in [4.69, 9.17) is 5.11 Å². The molecule has 0 aliphatic rings. The number of rotatable bonds is 8. The van der Waals surface area contributed by atoms with Crippen LogP contribution in [0.3, 0.4) is 0 Å². The van der Waals surface area contributed by atoms with E-state index < -0.39 is 17.9 Å². The number of aromatic carboxylic acids is 1. The maximum Gasteiger partial charge on any atom is 0.336 e. The van der Waals surface area contributed by atoms with Crippen LogP contribution >= 0.6 is 0 Å². The summed E-state index contributed by atoms with van der Waals surface area (Å²) in [5.41, 5.74) is 6.18. The van der Waals surface area contributed by atoms with Crippen molar-refractivity contribution in [3.8, 4) is 11.1 Å². The van der Waals surface area contributed by atoms with Gasteiger partial charge in [-0.25, -0.2) is 4.79 Å². The van der Waals surface area contributed by atoms with E-state index in [-0.39, 0.29) is 5.78 Å². The van der Waals surface area contributed by atoms with Crippen molar-refractivity contribution in [1.82, 2.24) is 0 Å². The average Bonchev–Trinajstić information content (AvgIpc) is 3.01. The van der Waals surface area contributed by atoms with Gasteiger partial charge in [-0.15, -0.1) is 0 Å². The Bertz CT molecular complexity index is 1640. The summed E-state index contributed by atoms with van der Waals surface area (Å²) in [6, 6.07) is 41.2. The Hall–Kier alpha value is -5.29. The second kappa shape index (κ2) is 13.7. The number of carboxylic acid groups (broad SMARTS) is 2. The first-order chi connectivity index (χ1) is 19.8. The minimum Gasteiger partial charge on any atom is -0.481 e. The van der Waals surface area contributed by atoms with Gasteiger partial charge in [0.05, 0.1) is 11.5 Å². The molecular weight excluding hydrogens is 512 g/mol. The quantitative estimate of drug-likeness (QED) is 0.196. The molecule has 0 spiro atoms. The van der Waals surface area contributed by atoms with E-state index in [1.807, 2.05) is 48.5 Å². The van der Waals surface area contributed by atoms with Gasteiger partial charge in [-0.1, -0.05) is 121 Å². The maximum atomic E-state index is 12.2. The topological polar surface area (TPSA) is 91.7 Å². The highest BCUT2D eigenvalue weighted by atomic mass is 16.4. The van der Waals surface area contributed by atoms with E-state index >= 15 is 0 Å². The predicted octanol–water partition coefficient (Wildman–Crippen LogP) is 7.75. The van der Waals surface area contributed by atoms with Gasteiger partial charge in [0.25, 0.3) is 0 Å². The molecule has 5 rings (SSSR count). The highest BCUT2D eigenvalue weighted by molar-refractivity contribution is 6.09. The first kappa shape index (κ1) is 28.7. The minimum atomic E-state index is -0.899. The molecule has 5 aromatic carbocycles. The van der Waals surface area contributed by atoms with Crippen molar-refractivity contribution in [2.45, 2.75) is 19.3 Å². The smallest absolute Gasteiger partial charge is 0.336 e. The van der Waals surface area contributed by atoms with Crippen molar-refractivity contribution in [3.05, 3.63) is 167 Å². The third kappa shape index (κ3) is 7.64. The molecule has 0 bridgehead atoms. The minimum absolute atomic E-state index is 0.0972. The number of ketones is 1. The Morgan fingerprint density at radius 3 is 1.88 bits per heavy atom. The largest absolute Gasteiger partial charge is 0.481 e. The van der Waals surface area contributed by atoms with Crippen molar-refractivity contribution in [2.75, 3.05) is 0 Å². The maximum absolute atomic E-state index is 12.2. The van der Waals surface area contributed by atoms with Gasteiger partial charge in [0.15, 0.2) is 5.78 Å². The second-order valence-corrected chi connectivity index (χ2v) is 9.59. The molecule has 1 unspecified atom stereocenters. The first-order valence-electron chi connectivity index (χ1n) is 13.2. The molecule has 1 atom stereocenters. The zero-order valence-electron chi connectivity index (χ0n) is 22.6. The molecule has 0 saturated heterocycles. The van der Waals surface area contributed by atoms with Gasteiger partial charge in [-0.2, -0.15) is 0 Å². The van der Waals surface area contributed by atoms with Crippen LogP contribution in [0.15, 0.2) is 133 Å². The Labute approximate surface area is 239 Å². The molecule has 41 heavy (non-hydrogen) atoms. The van der Waals surface area contributed by atoms with Gasteiger partial charge in [0, 0.05) is 11.1 Å². The van der Waals surface area contributed by atoms with E-state index in [1.54, 1.807) is 67.6 Å². The van der Waals surface area contributed by atoms with Gasteiger partial charge in [0.1, 0.15) is 0 Å². The molecule has 0 amide bonds. The molecule has 0 fully saturated rings. The lowest BCUT2D eigenvalue weighted by Crippen LogP contribution is -2.09. The third-order valence-corrected chi connectivity index (χ3v) is 6.70. The van der Waals surface area contributed by atoms with Crippen molar-refractivity contribution in [1.29, 1.82) is 0 Å². The number of hydrogen-bond acceptors (Lipinski definition) is 3. The van der Waals surface area contributed by atoms with Crippen LogP contribution in [0, 0.1) is 0 Å². The summed E-state index contributed by atoms with van der Waals surface area (Å²) in [7, 11) is 0. The lowest BCUT2D eigenvalue weighted by atomic mass is 9.96. The van der Waals surface area contributed by atoms with Gasteiger partial charge in [-0.05, 0) is 53.3 Å². The number of hydrogen-bond donors (Lipinski definition) is 2. The molecule has 0 aliphatic carbocycles. The molecule has 0 heterocycles. The zero-order chi connectivity index (χ0) is 29.2. The molecule has 5 nitrogen and oxygen atoms in total. The molecule has 204 valence electrons. The highest BCUT2D eigenvalue weighted by Crippen LogP contribution is 2.25. The Morgan fingerprint density at radius 2 is 1.20 bits per heavy atom. The molecular formula is C36H30O5. The molecule has 5 aromatic rings. The van der Waals surface area contributed by atoms with Gasteiger partial charge in [-0.3, -0.25) is 9.59 Å². The van der Waals surface area contributed by atoms with Crippen molar-refractivity contribution in [2.24, 2.45) is 0 Å². The Kier molecular flexibility index (Phi) is 9.57. The number of carboxylic acids is 2. The number of benzene rings is 5. The molecule has 0 saturated carbocycles. The van der Waals surface area contributed by atoms with E-state index in [0.717, 1.165) is 17.5 Å². The van der Waals surface area contributed by atoms with Crippen LogP contribution < -0.4 is 0 Å². The van der Waals surface area contributed by atoms with Crippen LogP contribution in [0.1, 0.15) is 55.8 Å². The van der Waals surface area contributed by atoms with E-state index in [9.17, 15) is 19.5 Å². The Balaban J connectivity index is 0.000000191. The lowest BCUT2D eigenvalue weighted by molar-refractivity contribution is -0.138. The predicted molar refractivity (Wildman–Crippen MR) is 160 cm³/mol. The normalized spacial score (nSPS) is 11.0. The summed E-state index contributed by atoms with van der Waals surface area (Å²) in [6.07, 6.45) is 0.837. The summed E-state index contributed by atoms with van der Waals surface area (Å²) >= 11 is 0. The molecule has 5 heteroatoms. The zero-order valence-corrected chi connectivity index (χ0v) is 22.6. The summed E-state index contributed by atoms with van der Waals surface area (Å²) in [6.45, 7) is 1.61. The molecule has 0 aromatic heterocycles. The second-order valence-electron chi connectivity index (χ2n) is 9.59.